The van der Waals surface area contributed by atoms with E-state index < -0.39 is 11.8 Å². The van der Waals surface area contributed by atoms with Crippen molar-refractivity contribution in [2.75, 3.05) is 36.4 Å². The van der Waals surface area contributed by atoms with Gasteiger partial charge in [-0.25, -0.2) is 15.0 Å². The molecule has 8 heteroatoms. The molecule has 30 heavy (non-hydrogen) atoms. The molecule has 1 aromatic rings. The molecule has 1 saturated carbocycles. The van der Waals surface area contributed by atoms with E-state index in [2.05, 4.69) is 38.4 Å². The van der Waals surface area contributed by atoms with Gasteiger partial charge in [0.1, 0.15) is 17.2 Å². The maximum atomic E-state index is 11.2. The quantitative estimate of drug-likeness (QED) is 0.703. The summed E-state index contributed by atoms with van der Waals surface area (Å²) in [6, 6.07) is 4.40. The molecule has 164 valence electrons. The molecule has 0 radical (unpaired) electrons. The highest BCUT2D eigenvalue weighted by atomic mass is 16.3. The molecule has 1 saturated heterocycles. The number of guanidine groups is 1. The minimum atomic E-state index is -0.684. The van der Waals surface area contributed by atoms with Crippen LogP contribution in [0.2, 0.25) is 0 Å². The molecule has 1 aromatic heterocycles. The minimum Gasteiger partial charge on any atom is -0.371 e. The highest BCUT2D eigenvalue weighted by Crippen LogP contribution is 2.33. The lowest BCUT2D eigenvalue weighted by molar-refractivity contribution is -0.0257. The van der Waals surface area contributed by atoms with Crippen LogP contribution in [0.4, 0.5) is 11.5 Å². The lowest BCUT2D eigenvalue weighted by Crippen LogP contribution is -2.54. The van der Waals surface area contributed by atoms with Gasteiger partial charge in [-0.1, -0.05) is 19.8 Å². The zero-order valence-electron chi connectivity index (χ0n) is 18.4. The molecule has 2 unspecified atom stereocenters. The van der Waals surface area contributed by atoms with Gasteiger partial charge in [0.25, 0.3) is 0 Å². The number of pyridine rings is 1. The fraction of sp³-hybridized carbons (Fsp3) is 0.682. The van der Waals surface area contributed by atoms with E-state index in [1.807, 2.05) is 26.1 Å². The number of aliphatic hydroxyl groups is 1. The van der Waals surface area contributed by atoms with E-state index in [0.29, 0.717) is 17.8 Å². The summed E-state index contributed by atoms with van der Waals surface area (Å²) in [4.78, 5) is 18.6. The van der Waals surface area contributed by atoms with Gasteiger partial charge in [-0.05, 0) is 45.2 Å². The molecular weight excluding hydrogens is 378 g/mol. The highest BCUT2D eigenvalue weighted by Gasteiger charge is 2.42. The van der Waals surface area contributed by atoms with E-state index in [9.17, 15) is 5.11 Å². The average molecular weight is 414 g/mol. The number of aliphatic hydroxyl groups excluding tert-OH is 1. The van der Waals surface area contributed by atoms with E-state index in [-0.39, 0.29) is 0 Å². The molecule has 2 fully saturated rings. The highest BCUT2D eigenvalue weighted by molar-refractivity contribution is 6.02. The van der Waals surface area contributed by atoms with Crippen LogP contribution in [-0.2, 0) is 0 Å². The molecule has 3 aliphatic rings. The van der Waals surface area contributed by atoms with Crippen molar-refractivity contribution in [1.82, 2.24) is 15.2 Å². The molecule has 3 N–H and O–H groups in total. The SMILES string of the molecule is CCC1(C)N=C(Nc2ccc(N3CCNCC3)cn2)N=C(C)N(C2CCCC2)C1O. The minimum absolute atomic E-state index is 0.334. The predicted molar refractivity (Wildman–Crippen MR) is 122 cm³/mol. The molecule has 1 aliphatic carbocycles. The Balaban J connectivity index is 1.55. The maximum Gasteiger partial charge on any atom is 0.226 e. The van der Waals surface area contributed by atoms with Crippen LogP contribution in [0.1, 0.15) is 52.9 Å². The smallest absolute Gasteiger partial charge is 0.226 e. The van der Waals surface area contributed by atoms with Gasteiger partial charge in [0.05, 0.1) is 11.9 Å². The Morgan fingerprint density at radius 3 is 2.60 bits per heavy atom. The van der Waals surface area contributed by atoms with Crippen LogP contribution < -0.4 is 15.5 Å². The molecule has 0 spiro atoms. The Labute approximate surface area is 179 Å². The first-order valence-corrected chi connectivity index (χ1v) is 11.3. The van der Waals surface area contributed by atoms with Crippen LogP contribution in [0.15, 0.2) is 28.3 Å². The zero-order chi connectivity index (χ0) is 21.1. The van der Waals surface area contributed by atoms with Gasteiger partial charge in [-0.15, -0.1) is 0 Å². The summed E-state index contributed by atoms with van der Waals surface area (Å²) < 4.78 is 0. The number of piperazine rings is 1. The fourth-order valence-electron chi connectivity index (χ4n) is 4.66. The van der Waals surface area contributed by atoms with Crippen molar-refractivity contribution < 1.29 is 5.11 Å². The second-order valence-corrected chi connectivity index (χ2v) is 8.79. The summed E-state index contributed by atoms with van der Waals surface area (Å²) in [6.07, 6.45) is 6.56. The molecule has 0 aromatic carbocycles. The fourth-order valence-corrected chi connectivity index (χ4v) is 4.66. The van der Waals surface area contributed by atoms with E-state index in [1.54, 1.807) is 0 Å². The van der Waals surface area contributed by atoms with Crippen molar-refractivity contribution in [3.05, 3.63) is 18.3 Å². The van der Waals surface area contributed by atoms with Gasteiger partial charge in [0, 0.05) is 32.2 Å². The van der Waals surface area contributed by atoms with Crippen LogP contribution in [0, 0.1) is 0 Å². The number of nitrogens with zero attached hydrogens (tertiary/aromatic N) is 5. The van der Waals surface area contributed by atoms with Gasteiger partial charge in [-0.3, -0.25) is 0 Å². The normalized spacial score (nSPS) is 28.2. The lowest BCUT2D eigenvalue weighted by atomic mass is 9.95. The van der Waals surface area contributed by atoms with Crippen molar-refractivity contribution in [2.24, 2.45) is 9.98 Å². The molecule has 4 rings (SSSR count). The molecule has 8 nitrogen and oxygen atoms in total. The maximum absolute atomic E-state index is 11.2. The van der Waals surface area contributed by atoms with Crippen LogP contribution in [0.5, 0.6) is 0 Å². The Morgan fingerprint density at radius 1 is 1.23 bits per heavy atom. The Kier molecular flexibility index (Phi) is 6.24. The molecule has 0 amide bonds. The number of amidine groups is 1. The number of rotatable bonds is 4. The van der Waals surface area contributed by atoms with E-state index in [1.165, 1.54) is 12.8 Å². The van der Waals surface area contributed by atoms with Crippen LogP contribution >= 0.6 is 0 Å². The monoisotopic (exact) mass is 413 g/mol. The first-order valence-electron chi connectivity index (χ1n) is 11.3. The average Bonchev–Trinajstić information content (AvgIpc) is 3.26. The summed E-state index contributed by atoms with van der Waals surface area (Å²) in [5.41, 5.74) is 0.498. The zero-order valence-corrected chi connectivity index (χ0v) is 18.4. The van der Waals surface area contributed by atoms with E-state index >= 15 is 0 Å². The van der Waals surface area contributed by atoms with Crippen LogP contribution in [0.25, 0.3) is 0 Å². The van der Waals surface area contributed by atoms with Gasteiger partial charge in [0.2, 0.25) is 5.96 Å². The first kappa shape index (κ1) is 21.1. The molecule has 2 aliphatic heterocycles. The van der Waals surface area contributed by atoms with Gasteiger partial charge >= 0.3 is 0 Å². The Morgan fingerprint density at radius 2 is 1.97 bits per heavy atom. The molecule has 2 atom stereocenters. The third-order valence-corrected chi connectivity index (χ3v) is 6.73. The largest absolute Gasteiger partial charge is 0.371 e. The van der Waals surface area contributed by atoms with Gasteiger partial charge in [0.15, 0.2) is 6.23 Å². The molecule has 3 heterocycles. The molecule has 0 bridgehead atoms. The number of hydrogen-bond donors (Lipinski definition) is 3. The summed E-state index contributed by atoms with van der Waals surface area (Å²) in [7, 11) is 0. The molecular formula is C22H35N7O. The summed E-state index contributed by atoms with van der Waals surface area (Å²) in [5.74, 6) is 2.04. The number of aliphatic imine (C=N–C) groups is 2. The second kappa shape index (κ2) is 8.89. The van der Waals surface area contributed by atoms with Crippen molar-refractivity contribution in [2.45, 2.75) is 70.7 Å². The van der Waals surface area contributed by atoms with E-state index in [4.69, 9.17) is 9.98 Å². The van der Waals surface area contributed by atoms with Crippen LogP contribution in [0.3, 0.4) is 0 Å². The van der Waals surface area contributed by atoms with Gasteiger partial charge < -0.3 is 25.5 Å². The Hall–Kier alpha value is -2.19. The van der Waals surface area contributed by atoms with E-state index in [0.717, 1.165) is 57.0 Å². The topological polar surface area (TPSA) is 88.4 Å². The Bertz CT molecular complexity index is 781. The van der Waals surface area contributed by atoms with Crippen molar-refractivity contribution in [1.29, 1.82) is 0 Å². The lowest BCUT2D eigenvalue weighted by Gasteiger charge is -2.40. The summed E-state index contributed by atoms with van der Waals surface area (Å²) in [6.45, 7) is 10.0. The van der Waals surface area contributed by atoms with Crippen molar-refractivity contribution >= 4 is 23.3 Å². The van der Waals surface area contributed by atoms with Gasteiger partial charge in [-0.2, -0.15) is 0 Å². The second-order valence-electron chi connectivity index (χ2n) is 8.79. The van der Waals surface area contributed by atoms with Crippen LogP contribution in [-0.4, -0.2) is 70.8 Å². The summed E-state index contributed by atoms with van der Waals surface area (Å²) in [5, 5.41) is 17.9. The number of anilines is 2. The number of hydrogen-bond acceptors (Lipinski definition) is 8. The van der Waals surface area contributed by atoms with Crippen molar-refractivity contribution in [3.63, 3.8) is 0 Å². The number of nitrogens with one attached hydrogen (secondary N) is 2. The first-order chi connectivity index (χ1) is 14.5. The van der Waals surface area contributed by atoms with Crippen molar-refractivity contribution in [3.8, 4) is 0 Å². The predicted octanol–water partition coefficient (Wildman–Crippen LogP) is 2.42. The third-order valence-electron chi connectivity index (χ3n) is 6.73. The summed E-state index contributed by atoms with van der Waals surface area (Å²) >= 11 is 0. The third kappa shape index (κ3) is 4.30. The standard InChI is InChI=1S/C22H35N7O/c1-4-22(3)20(30)29(17-7-5-6-8-17)16(2)25-21(27-22)26-19-10-9-18(15-24-19)28-13-11-23-12-14-28/h9-10,15,17,20,23,30H,4-8,11-14H2,1-3H3,(H,24,26,27). The number of aromatic nitrogens is 1.